The van der Waals surface area contributed by atoms with E-state index in [1.807, 2.05) is 0 Å². The van der Waals surface area contributed by atoms with Crippen molar-refractivity contribution in [3.8, 4) is 5.75 Å². The van der Waals surface area contributed by atoms with E-state index in [0.29, 0.717) is 5.56 Å². The molecule has 6 nitrogen and oxygen atoms in total. The largest absolute Gasteiger partial charge is 0.504 e. The Morgan fingerprint density at radius 3 is 2.79 bits per heavy atom. The monoisotopic (exact) mass is 259 g/mol. The molecule has 1 heterocycles. The molecule has 0 radical (unpaired) electrons. The number of carbonyl (C=O) groups excluding carboxylic acids is 1. The maximum atomic E-state index is 11.6. The predicted molar refractivity (Wildman–Crippen MR) is 66.8 cm³/mol. The van der Waals surface area contributed by atoms with Crippen molar-refractivity contribution >= 4 is 17.5 Å². The van der Waals surface area contributed by atoms with Gasteiger partial charge in [0.2, 0.25) is 11.5 Å². The van der Waals surface area contributed by atoms with E-state index in [0.717, 1.165) is 0 Å². The molecule has 1 N–H and O–H groups in total. The SMILES string of the molecule is O=C(/C=C\c1cccc([N+](=O)[O-])c1)c1occc1O. The molecule has 0 atom stereocenters. The highest BCUT2D eigenvalue weighted by Gasteiger charge is 2.11. The average molecular weight is 259 g/mol. The molecule has 0 bridgehead atoms. The number of nitro benzene ring substituents is 1. The standard InChI is InChI=1S/C13H9NO5/c15-11(13-12(16)6-7-19-13)5-4-9-2-1-3-10(8-9)14(17)18/h1-8,16H/b5-4-. The lowest BCUT2D eigenvalue weighted by atomic mass is 10.1. The van der Waals surface area contributed by atoms with Gasteiger partial charge in [-0.2, -0.15) is 0 Å². The lowest BCUT2D eigenvalue weighted by Crippen LogP contribution is -1.92. The first kappa shape index (κ1) is 12.6. The number of nitro groups is 1. The number of rotatable bonds is 4. The number of aromatic hydroxyl groups is 1. The zero-order chi connectivity index (χ0) is 13.8. The van der Waals surface area contributed by atoms with Gasteiger partial charge in [0.25, 0.3) is 5.69 Å². The topological polar surface area (TPSA) is 93.6 Å². The van der Waals surface area contributed by atoms with Gasteiger partial charge in [-0.3, -0.25) is 14.9 Å². The lowest BCUT2D eigenvalue weighted by molar-refractivity contribution is -0.384. The van der Waals surface area contributed by atoms with Crippen LogP contribution >= 0.6 is 0 Å². The van der Waals surface area contributed by atoms with Crippen LogP contribution in [0.15, 0.2) is 47.1 Å². The zero-order valence-electron chi connectivity index (χ0n) is 9.65. The predicted octanol–water partition coefficient (Wildman–Crippen LogP) is 2.79. The molecular weight excluding hydrogens is 250 g/mol. The summed E-state index contributed by atoms with van der Waals surface area (Å²) in [6.07, 6.45) is 3.79. The Labute approximate surface area is 107 Å². The molecule has 6 heteroatoms. The molecule has 19 heavy (non-hydrogen) atoms. The van der Waals surface area contributed by atoms with Gasteiger partial charge in [0.1, 0.15) is 0 Å². The van der Waals surface area contributed by atoms with E-state index < -0.39 is 10.7 Å². The number of ketones is 1. The molecule has 1 aromatic heterocycles. The lowest BCUT2D eigenvalue weighted by Gasteiger charge is -1.94. The summed E-state index contributed by atoms with van der Waals surface area (Å²) < 4.78 is 4.82. The number of allylic oxidation sites excluding steroid dienone is 1. The van der Waals surface area contributed by atoms with E-state index in [1.165, 1.54) is 42.7 Å². The van der Waals surface area contributed by atoms with E-state index in [4.69, 9.17) is 4.42 Å². The molecule has 0 aliphatic heterocycles. The Morgan fingerprint density at radius 1 is 1.37 bits per heavy atom. The van der Waals surface area contributed by atoms with Crippen LogP contribution in [0.25, 0.3) is 6.08 Å². The average Bonchev–Trinajstić information content (AvgIpc) is 2.82. The number of carbonyl (C=O) groups is 1. The van der Waals surface area contributed by atoms with Gasteiger partial charge in [0.15, 0.2) is 5.75 Å². The summed E-state index contributed by atoms with van der Waals surface area (Å²) in [6, 6.07) is 7.10. The van der Waals surface area contributed by atoms with Crippen molar-refractivity contribution in [3.63, 3.8) is 0 Å². The minimum atomic E-state index is -0.519. The van der Waals surface area contributed by atoms with Gasteiger partial charge in [-0.05, 0) is 11.6 Å². The normalized spacial score (nSPS) is 10.7. The number of nitrogens with zero attached hydrogens (tertiary/aromatic N) is 1. The summed E-state index contributed by atoms with van der Waals surface area (Å²) in [5.41, 5.74) is 0.448. The minimum Gasteiger partial charge on any atom is -0.504 e. The van der Waals surface area contributed by atoms with Crippen LogP contribution < -0.4 is 0 Å². The van der Waals surface area contributed by atoms with Crippen molar-refractivity contribution in [1.82, 2.24) is 0 Å². The third-order valence-electron chi connectivity index (χ3n) is 2.38. The molecule has 0 fully saturated rings. The molecule has 0 saturated carbocycles. The highest BCUT2D eigenvalue weighted by Crippen LogP contribution is 2.19. The second-order valence-corrected chi connectivity index (χ2v) is 3.68. The second-order valence-electron chi connectivity index (χ2n) is 3.68. The summed E-state index contributed by atoms with van der Waals surface area (Å²) in [7, 11) is 0. The third kappa shape index (κ3) is 2.86. The Morgan fingerprint density at radius 2 is 2.16 bits per heavy atom. The molecule has 0 spiro atoms. The maximum Gasteiger partial charge on any atom is 0.270 e. The van der Waals surface area contributed by atoms with Crippen molar-refractivity contribution < 1.29 is 19.2 Å². The van der Waals surface area contributed by atoms with Gasteiger partial charge in [0.05, 0.1) is 11.2 Å². The van der Waals surface area contributed by atoms with Crippen molar-refractivity contribution in [3.05, 3.63) is 64.1 Å². The van der Waals surface area contributed by atoms with Crippen molar-refractivity contribution in [2.24, 2.45) is 0 Å². The van der Waals surface area contributed by atoms with E-state index >= 15 is 0 Å². The highest BCUT2D eigenvalue weighted by molar-refractivity contribution is 6.06. The number of benzene rings is 1. The summed E-state index contributed by atoms with van der Waals surface area (Å²) in [6.45, 7) is 0. The number of non-ortho nitro benzene ring substituents is 1. The molecular formula is C13H9NO5. The van der Waals surface area contributed by atoms with E-state index in [9.17, 15) is 20.0 Å². The Kier molecular flexibility index (Phi) is 3.42. The molecule has 1 aromatic carbocycles. The molecule has 96 valence electrons. The van der Waals surface area contributed by atoms with E-state index in [2.05, 4.69) is 0 Å². The first-order valence-electron chi connectivity index (χ1n) is 5.31. The molecule has 0 amide bonds. The van der Waals surface area contributed by atoms with Gasteiger partial charge in [0, 0.05) is 18.2 Å². The summed E-state index contributed by atoms with van der Waals surface area (Å²) in [4.78, 5) is 21.7. The molecule has 0 aliphatic carbocycles. The van der Waals surface area contributed by atoms with Gasteiger partial charge in [-0.25, -0.2) is 0 Å². The van der Waals surface area contributed by atoms with Gasteiger partial charge < -0.3 is 9.52 Å². The van der Waals surface area contributed by atoms with Crippen LogP contribution in [0.1, 0.15) is 16.1 Å². The fourth-order valence-electron chi connectivity index (χ4n) is 1.48. The molecule has 2 aromatic rings. The smallest absolute Gasteiger partial charge is 0.270 e. The quantitative estimate of drug-likeness (QED) is 0.394. The Bertz CT molecular complexity index is 657. The minimum absolute atomic E-state index is 0.0598. The molecule has 0 aliphatic rings. The molecule has 0 saturated heterocycles. The first-order valence-corrected chi connectivity index (χ1v) is 5.31. The third-order valence-corrected chi connectivity index (χ3v) is 2.38. The van der Waals surface area contributed by atoms with Crippen molar-refractivity contribution in [1.29, 1.82) is 0 Å². The van der Waals surface area contributed by atoms with Crippen LogP contribution in [0.2, 0.25) is 0 Å². The van der Waals surface area contributed by atoms with Crippen LogP contribution in [0.3, 0.4) is 0 Å². The fraction of sp³-hybridized carbons (Fsp3) is 0. The zero-order valence-corrected chi connectivity index (χ0v) is 9.65. The maximum absolute atomic E-state index is 11.6. The number of hydrogen-bond acceptors (Lipinski definition) is 5. The van der Waals surface area contributed by atoms with Gasteiger partial charge in [-0.15, -0.1) is 0 Å². The van der Waals surface area contributed by atoms with Crippen molar-refractivity contribution in [2.75, 3.05) is 0 Å². The summed E-state index contributed by atoms with van der Waals surface area (Å²) in [5, 5.41) is 19.9. The van der Waals surface area contributed by atoms with Crippen LogP contribution in [-0.4, -0.2) is 15.8 Å². The number of hydrogen-bond donors (Lipinski definition) is 1. The van der Waals surface area contributed by atoms with Gasteiger partial charge >= 0.3 is 0 Å². The van der Waals surface area contributed by atoms with Crippen molar-refractivity contribution in [2.45, 2.75) is 0 Å². The van der Waals surface area contributed by atoms with Crippen LogP contribution in [-0.2, 0) is 0 Å². The molecule has 0 unspecified atom stereocenters. The first-order chi connectivity index (χ1) is 9.08. The number of furan rings is 1. The highest BCUT2D eigenvalue weighted by atomic mass is 16.6. The van der Waals surface area contributed by atoms with Crippen LogP contribution in [0.4, 0.5) is 5.69 Å². The fourth-order valence-corrected chi connectivity index (χ4v) is 1.48. The molecule has 2 rings (SSSR count). The van der Waals surface area contributed by atoms with Crippen LogP contribution in [0.5, 0.6) is 5.75 Å². The Balaban J connectivity index is 2.19. The van der Waals surface area contributed by atoms with E-state index in [-0.39, 0.29) is 17.2 Å². The Hall–Kier alpha value is -2.89. The summed E-state index contributed by atoms with van der Waals surface area (Å²) in [5.74, 6) is -0.927. The second kappa shape index (κ2) is 5.18. The van der Waals surface area contributed by atoms with E-state index in [1.54, 1.807) is 6.07 Å². The summed E-state index contributed by atoms with van der Waals surface area (Å²) >= 11 is 0. The van der Waals surface area contributed by atoms with Gasteiger partial charge in [-0.1, -0.05) is 18.2 Å². The van der Waals surface area contributed by atoms with Crippen LogP contribution in [0, 0.1) is 10.1 Å².